The standard InChI is InChI=1S/C17H24N2O2/c1-3-4-5-6-17-18-11-12-19(17)13-16(20)14-7-9-15(21-2)10-8-14/h7-10H,3-6,11-13H2,1-2H3/p+1. The number of ether oxygens (including phenoxy) is 1. The van der Waals surface area contributed by atoms with Crippen LogP contribution in [0.2, 0.25) is 0 Å². The van der Waals surface area contributed by atoms with Gasteiger partial charge in [-0.3, -0.25) is 14.7 Å². The second-order valence-electron chi connectivity index (χ2n) is 5.40. The molecule has 0 fully saturated rings. The van der Waals surface area contributed by atoms with Crippen molar-refractivity contribution in [2.24, 2.45) is 0 Å². The van der Waals surface area contributed by atoms with Crippen molar-refractivity contribution in [1.29, 1.82) is 0 Å². The van der Waals surface area contributed by atoms with Crippen LogP contribution in [0.5, 0.6) is 5.75 Å². The molecule has 0 amide bonds. The summed E-state index contributed by atoms with van der Waals surface area (Å²) in [5.41, 5.74) is 0.746. The van der Waals surface area contributed by atoms with Gasteiger partial charge in [0.1, 0.15) is 25.4 Å². The number of hydrogen-bond donors (Lipinski definition) is 1. The highest BCUT2D eigenvalue weighted by molar-refractivity contribution is 5.97. The third-order valence-electron chi connectivity index (χ3n) is 3.86. The first kappa shape index (κ1) is 15.5. The summed E-state index contributed by atoms with van der Waals surface area (Å²) in [4.78, 5) is 12.4. The first-order valence-electron chi connectivity index (χ1n) is 7.76. The highest BCUT2D eigenvalue weighted by Gasteiger charge is 2.22. The maximum absolute atomic E-state index is 12.4. The van der Waals surface area contributed by atoms with Gasteiger partial charge in [0, 0.05) is 12.0 Å². The van der Waals surface area contributed by atoms with Crippen molar-refractivity contribution in [3.63, 3.8) is 0 Å². The minimum absolute atomic E-state index is 0.161. The normalized spacial score (nSPS) is 14.2. The van der Waals surface area contributed by atoms with Crippen LogP contribution < -0.4 is 10.1 Å². The van der Waals surface area contributed by atoms with E-state index in [2.05, 4.69) is 16.8 Å². The number of carbonyl (C=O) groups excluding carboxylic acids is 1. The topological polar surface area (TPSA) is 41.3 Å². The van der Waals surface area contributed by atoms with Crippen molar-refractivity contribution in [3.8, 4) is 5.75 Å². The van der Waals surface area contributed by atoms with E-state index < -0.39 is 0 Å². The van der Waals surface area contributed by atoms with Gasteiger partial charge in [0.2, 0.25) is 11.6 Å². The van der Waals surface area contributed by atoms with Crippen LogP contribution >= 0.6 is 0 Å². The molecule has 0 unspecified atom stereocenters. The van der Waals surface area contributed by atoms with Crippen LogP contribution in [0, 0.1) is 0 Å². The maximum atomic E-state index is 12.4. The van der Waals surface area contributed by atoms with Gasteiger partial charge in [-0.1, -0.05) is 19.8 Å². The van der Waals surface area contributed by atoms with Crippen molar-refractivity contribution >= 4 is 11.6 Å². The monoisotopic (exact) mass is 289 g/mol. The van der Waals surface area contributed by atoms with Gasteiger partial charge < -0.3 is 4.74 Å². The van der Waals surface area contributed by atoms with E-state index in [0.29, 0.717) is 6.54 Å². The first-order valence-corrected chi connectivity index (χ1v) is 7.76. The fraction of sp³-hybridized carbons (Fsp3) is 0.529. The van der Waals surface area contributed by atoms with Crippen molar-refractivity contribution in [2.75, 3.05) is 26.7 Å². The molecule has 0 saturated carbocycles. The molecule has 0 aliphatic carbocycles. The number of nitrogens with zero attached hydrogens (tertiary/aromatic N) is 1. The maximum Gasteiger partial charge on any atom is 0.245 e. The van der Waals surface area contributed by atoms with E-state index in [0.717, 1.165) is 30.8 Å². The van der Waals surface area contributed by atoms with Gasteiger partial charge >= 0.3 is 0 Å². The largest absolute Gasteiger partial charge is 0.497 e. The molecule has 21 heavy (non-hydrogen) atoms. The van der Waals surface area contributed by atoms with Crippen LogP contribution in [0.25, 0.3) is 0 Å². The molecule has 1 aromatic carbocycles. The molecule has 114 valence electrons. The third-order valence-corrected chi connectivity index (χ3v) is 3.86. The number of methoxy groups -OCH3 is 1. The van der Waals surface area contributed by atoms with Crippen LogP contribution in [0.15, 0.2) is 24.3 Å². The minimum atomic E-state index is 0.161. The van der Waals surface area contributed by atoms with Crippen LogP contribution in [-0.2, 0) is 0 Å². The number of hydrogen-bond acceptors (Lipinski definition) is 3. The fourth-order valence-corrected chi connectivity index (χ4v) is 2.59. The molecule has 0 spiro atoms. The van der Waals surface area contributed by atoms with Crippen molar-refractivity contribution in [1.82, 2.24) is 5.32 Å². The molecule has 0 saturated heterocycles. The number of ketones is 1. The van der Waals surface area contributed by atoms with E-state index in [4.69, 9.17) is 4.74 Å². The molecular formula is C17H25N2O2+. The Kier molecular flexibility index (Phi) is 5.78. The van der Waals surface area contributed by atoms with E-state index in [1.807, 2.05) is 24.3 Å². The summed E-state index contributed by atoms with van der Waals surface area (Å²) in [5, 5.41) is 3.41. The Balaban J connectivity index is 1.97. The molecule has 4 heteroatoms. The fourth-order valence-electron chi connectivity index (χ4n) is 2.59. The summed E-state index contributed by atoms with van der Waals surface area (Å²) in [5.74, 6) is 2.17. The lowest BCUT2D eigenvalue weighted by molar-refractivity contribution is -0.505. The van der Waals surface area contributed by atoms with Crippen LogP contribution in [0.3, 0.4) is 0 Å². The zero-order chi connectivity index (χ0) is 15.1. The van der Waals surface area contributed by atoms with E-state index in [1.54, 1.807) is 7.11 Å². The Hall–Kier alpha value is -1.84. The molecular weight excluding hydrogens is 264 g/mol. The highest BCUT2D eigenvalue weighted by atomic mass is 16.5. The second-order valence-corrected chi connectivity index (χ2v) is 5.40. The summed E-state index contributed by atoms with van der Waals surface area (Å²) in [6.45, 7) is 4.53. The van der Waals surface area contributed by atoms with E-state index in [-0.39, 0.29) is 5.78 Å². The average Bonchev–Trinajstić information content (AvgIpc) is 2.95. The quantitative estimate of drug-likeness (QED) is 0.454. The van der Waals surface area contributed by atoms with Gasteiger partial charge in [0.25, 0.3) is 0 Å². The molecule has 0 radical (unpaired) electrons. The summed E-state index contributed by atoms with van der Waals surface area (Å²) < 4.78 is 7.30. The van der Waals surface area contributed by atoms with Gasteiger partial charge in [-0.05, 0) is 30.7 Å². The van der Waals surface area contributed by atoms with Gasteiger partial charge in [0.15, 0.2) is 0 Å². The minimum Gasteiger partial charge on any atom is -0.497 e. The van der Waals surface area contributed by atoms with E-state index >= 15 is 0 Å². The lowest BCUT2D eigenvalue weighted by Gasteiger charge is -2.05. The zero-order valence-electron chi connectivity index (χ0n) is 13.0. The average molecular weight is 289 g/mol. The Morgan fingerprint density at radius 1 is 1.29 bits per heavy atom. The summed E-state index contributed by atoms with van der Waals surface area (Å²) in [6.07, 6.45) is 4.69. The smallest absolute Gasteiger partial charge is 0.245 e. The number of unbranched alkanes of at least 4 members (excludes halogenated alkanes) is 2. The molecule has 2 rings (SSSR count). The molecule has 1 N–H and O–H groups in total. The second kappa shape index (κ2) is 7.81. The molecule has 1 aromatic rings. The van der Waals surface area contributed by atoms with Crippen LogP contribution in [-0.4, -0.2) is 42.9 Å². The Labute approximate surface area is 126 Å². The Morgan fingerprint density at radius 2 is 2.05 bits per heavy atom. The van der Waals surface area contributed by atoms with Gasteiger partial charge in [-0.25, -0.2) is 0 Å². The molecule has 0 bridgehead atoms. The van der Waals surface area contributed by atoms with Crippen LogP contribution in [0.4, 0.5) is 0 Å². The predicted octanol–water partition coefficient (Wildman–Crippen LogP) is 2.47. The van der Waals surface area contributed by atoms with Crippen molar-refractivity contribution in [3.05, 3.63) is 29.8 Å². The lowest BCUT2D eigenvalue weighted by Crippen LogP contribution is -2.26. The number of Topliss-reactive ketones (excluding diaryl/α,β-unsaturated/α-hetero) is 1. The number of carbonyl (C=O) groups is 1. The Bertz CT molecular complexity index is 506. The summed E-state index contributed by atoms with van der Waals surface area (Å²) >= 11 is 0. The SMILES string of the molecule is CCCCCC1=[N+](CC(=O)c2ccc(OC)cc2)CCN1. The molecule has 1 heterocycles. The van der Waals surface area contributed by atoms with Crippen LogP contribution in [0.1, 0.15) is 43.0 Å². The van der Waals surface area contributed by atoms with Crippen molar-refractivity contribution in [2.45, 2.75) is 32.6 Å². The van der Waals surface area contributed by atoms with Gasteiger partial charge in [0.05, 0.1) is 7.11 Å². The highest BCUT2D eigenvalue weighted by Crippen LogP contribution is 2.12. The van der Waals surface area contributed by atoms with Gasteiger partial charge in [-0.15, -0.1) is 0 Å². The summed E-state index contributed by atoms with van der Waals surface area (Å²) in [6, 6.07) is 7.34. The molecule has 1 aliphatic rings. The van der Waals surface area contributed by atoms with Gasteiger partial charge in [-0.2, -0.15) is 0 Å². The lowest BCUT2D eigenvalue weighted by atomic mass is 10.1. The number of nitrogens with one attached hydrogen (secondary N) is 1. The predicted molar refractivity (Wildman–Crippen MR) is 84.5 cm³/mol. The molecule has 4 nitrogen and oxygen atoms in total. The number of rotatable bonds is 8. The zero-order valence-corrected chi connectivity index (χ0v) is 13.0. The van der Waals surface area contributed by atoms with E-state index in [1.165, 1.54) is 25.1 Å². The summed E-state index contributed by atoms with van der Waals surface area (Å²) in [7, 11) is 1.63. The third kappa shape index (κ3) is 4.31. The number of amidine groups is 1. The molecule has 1 aliphatic heterocycles. The molecule has 0 atom stereocenters. The number of benzene rings is 1. The van der Waals surface area contributed by atoms with E-state index in [9.17, 15) is 4.79 Å². The molecule has 0 aromatic heterocycles. The Morgan fingerprint density at radius 3 is 2.71 bits per heavy atom. The first-order chi connectivity index (χ1) is 10.2. The van der Waals surface area contributed by atoms with Crippen molar-refractivity contribution < 1.29 is 14.1 Å².